The van der Waals surface area contributed by atoms with Gasteiger partial charge in [-0.1, -0.05) is 6.08 Å². The van der Waals surface area contributed by atoms with Gasteiger partial charge in [-0.3, -0.25) is 0 Å². The first-order valence-corrected chi connectivity index (χ1v) is 3.51. The molecule has 0 aromatic carbocycles. The Morgan fingerprint density at radius 3 is 3.22 bits per heavy atom. The Morgan fingerprint density at radius 2 is 2.67 bits per heavy atom. The van der Waals surface area contributed by atoms with Gasteiger partial charge in [0, 0.05) is 6.21 Å². The minimum atomic E-state index is 0.797. The predicted octanol–water partition coefficient (Wildman–Crippen LogP) is 1.64. The molecule has 0 saturated carbocycles. The number of hydrazone groups is 1. The van der Waals surface area contributed by atoms with Crippen LogP contribution in [0, 0.1) is 0 Å². The monoisotopic (exact) mass is 140 g/mol. The van der Waals surface area contributed by atoms with Crippen molar-refractivity contribution in [1.82, 2.24) is 4.41 Å². The summed E-state index contributed by atoms with van der Waals surface area (Å²) < 4.78 is 1.85. The van der Waals surface area contributed by atoms with Crippen molar-refractivity contribution in [2.75, 3.05) is 6.54 Å². The van der Waals surface area contributed by atoms with Crippen LogP contribution in [-0.4, -0.2) is 17.2 Å². The van der Waals surface area contributed by atoms with Gasteiger partial charge in [-0.05, 0) is 23.4 Å². The van der Waals surface area contributed by atoms with Crippen LogP contribution < -0.4 is 0 Å². The molecule has 0 spiro atoms. The van der Waals surface area contributed by atoms with Crippen LogP contribution in [0.4, 0.5) is 0 Å². The highest BCUT2D eigenvalue weighted by molar-refractivity contribution is 7.99. The molecule has 0 radical (unpaired) electrons. The van der Waals surface area contributed by atoms with E-state index >= 15 is 0 Å². The van der Waals surface area contributed by atoms with Gasteiger partial charge in [-0.15, -0.1) is 6.58 Å². The van der Waals surface area contributed by atoms with Gasteiger partial charge in [-0.2, -0.15) is 5.10 Å². The minimum Gasteiger partial charge on any atom is -0.231 e. The largest absolute Gasteiger partial charge is 0.231 e. The van der Waals surface area contributed by atoms with Crippen LogP contribution in [0.2, 0.25) is 0 Å². The maximum absolute atomic E-state index is 4.03. The van der Waals surface area contributed by atoms with Crippen molar-refractivity contribution in [2.45, 2.75) is 0 Å². The normalized spacial score (nSPS) is 16.2. The minimum absolute atomic E-state index is 0.797. The van der Waals surface area contributed by atoms with Crippen molar-refractivity contribution in [2.24, 2.45) is 5.10 Å². The van der Waals surface area contributed by atoms with E-state index in [1.165, 1.54) is 0 Å². The molecule has 3 heteroatoms. The number of hydrogen-bond acceptors (Lipinski definition) is 3. The Bertz CT molecular complexity index is 149. The molecule has 1 heterocycles. The standard InChI is InChI=1S/C6H8N2S/c1-2-5-8-7-4-3-6-9-8/h2-4,6H,1,5H2. The van der Waals surface area contributed by atoms with Crippen molar-refractivity contribution in [3.8, 4) is 0 Å². The first-order chi connectivity index (χ1) is 4.43. The van der Waals surface area contributed by atoms with Crippen molar-refractivity contribution in [1.29, 1.82) is 0 Å². The maximum Gasteiger partial charge on any atom is 0.0664 e. The number of rotatable bonds is 2. The van der Waals surface area contributed by atoms with Crippen molar-refractivity contribution >= 4 is 18.2 Å². The van der Waals surface area contributed by atoms with Crippen LogP contribution in [-0.2, 0) is 0 Å². The summed E-state index contributed by atoms with van der Waals surface area (Å²) in [5.41, 5.74) is 0. The van der Waals surface area contributed by atoms with Crippen LogP contribution in [0.25, 0.3) is 0 Å². The summed E-state index contributed by atoms with van der Waals surface area (Å²) >= 11 is 1.57. The average Bonchev–Trinajstić information content (AvgIpc) is 1.91. The predicted molar refractivity (Wildman–Crippen MR) is 42.1 cm³/mol. The third kappa shape index (κ3) is 1.93. The van der Waals surface area contributed by atoms with Crippen molar-refractivity contribution < 1.29 is 0 Å². The SMILES string of the molecule is C=CCN1N=CC=CS1. The van der Waals surface area contributed by atoms with E-state index in [4.69, 9.17) is 0 Å². The van der Waals surface area contributed by atoms with Crippen LogP contribution in [0.1, 0.15) is 0 Å². The number of nitrogens with zero attached hydrogens (tertiary/aromatic N) is 2. The molecular formula is C6H8N2S. The van der Waals surface area contributed by atoms with Crippen LogP contribution in [0.15, 0.2) is 29.2 Å². The molecule has 0 bridgehead atoms. The highest BCUT2D eigenvalue weighted by Crippen LogP contribution is 2.13. The molecule has 1 rings (SSSR count). The Balaban J connectivity index is 2.36. The molecule has 1 aliphatic heterocycles. The Kier molecular flexibility index (Phi) is 2.39. The Labute approximate surface area is 59.1 Å². The lowest BCUT2D eigenvalue weighted by Crippen LogP contribution is -2.08. The molecule has 9 heavy (non-hydrogen) atoms. The van der Waals surface area contributed by atoms with E-state index < -0.39 is 0 Å². The first-order valence-electron chi connectivity index (χ1n) is 2.68. The molecule has 0 atom stereocenters. The highest BCUT2D eigenvalue weighted by atomic mass is 32.2. The lowest BCUT2D eigenvalue weighted by molar-refractivity contribution is 0.566. The molecule has 0 amide bonds. The van der Waals surface area contributed by atoms with E-state index in [2.05, 4.69) is 11.7 Å². The molecule has 0 unspecified atom stereocenters. The van der Waals surface area contributed by atoms with Crippen molar-refractivity contribution in [3.05, 3.63) is 24.1 Å². The van der Waals surface area contributed by atoms with Gasteiger partial charge in [0.05, 0.1) is 6.54 Å². The lowest BCUT2D eigenvalue weighted by atomic mass is 10.6. The molecule has 0 aromatic heterocycles. The summed E-state index contributed by atoms with van der Waals surface area (Å²) in [7, 11) is 0. The third-order valence-corrected chi connectivity index (χ3v) is 1.59. The molecular weight excluding hydrogens is 132 g/mol. The van der Waals surface area contributed by atoms with E-state index in [1.54, 1.807) is 18.2 Å². The summed E-state index contributed by atoms with van der Waals surface area (Å²) in [5.74, 6) is 0. The molecule has 1 aliphatic rings. The summed E-state index contributed by atoms with van der Waals surface area (Å²) in [5, 5.41) is 6.02. The van der Waals surface area contributed by atoms with E-state index in [9.17, 15) is 0 Å². The molecule has 0 N–H and O–H groups in total. The van der Waals surface area contributed by atoms with Gasteiger partial charge in [0.2, 0.25) is 0 Å². The van der Waals surface area contributed by atoms with Crippen molar-refractivity contribution in [3.63, 3.8) is 0 Å². The van der Waals surface area contributed by atoms with E-state index in [0.717, 1.165) is 6.54 Å². The van der Waals surface area contributed by atoms with Gasteiger partial charge in [0.15, 0.2) is 0 Å². The zero-order valence-electron chi connectivity index (χ0n) is 5.03. The second-order valence-electron chi connectivity index (χ2n) is 1.52. The molecule has 0 fully saturated rings. The highest BCUT2D eigenvalue weighted by Gasteiger charge is 1.96. The zero-order chi connectivity index (χ0) is 6.53. The smallest absolute Gasteiger partial charge is 0.0664 e. The summed E-state index contributed by atoms with van der Waals surface area (Å²) in [6, 6.07) is 0. The fraction of sp³-hybridized carbons (Fsp3) is 0.167. The average molecular weight is 140 g/mol. The molecule has 0 aromatic rings. The lowest BCUT2D eigenvalue weighted by Gasteiger charge is -2.13. The van der Waals surface area contributed by atoms with E-state index in [0.29, 0.717) is 0 Å². The van der Waals surface area contributed by atoms with E-state index in [-0.39, 0.29) is 0 Å². The zero-order valence-corrected chi connectivity index (χ0v) is 5.84. The quantitative estimate of drug-likeness (QED) is 0.428. The van der Waals surface area contributed by atoms with Gasteiger partial charge in [-0.25, -0.2) is 4.41 Å². The number of hydrogen-bond donors (Lipinski definition) is 0. The summed E-state index contributed by atoms with van der Waals surface area (Å²) in [4.78, 5) is 0. The Hall–Kier alpha value is -0.700. The molecule has 0 aliphatic carbocycles. The first kappa shape index (κ1) is 6.42. The summed E-state index contributed by atoms with van der Waals surface area (Å²) in [6.45, 7) is 4.40. The van der Waals surface area contributed by atoms with Crippen LogP contribution in [0.3, 0.4) is 0 Å². The maximum atomic E-state index is 4.03. The van der Waals surface area contributed by atoms with E-state index in [1.807, 2.05) is 22.0 Å². The van der Waals surface area contributed by atoms with Gasteiger partial charge in [0.1, 0.15) is 0 Å². The third-order valence-electron chi connectivity index (χ3n) is 0.828. The molecule has 2 nitrogen and oxygen atoms in total. The van der Waals surface area contributed by atoms with Gasteiger partial charge < -0.3 is 0 Å². The molecule has 48 valence electrons. The topological polar surface area (TPSA) is 15.6 Å². The second kappa shape index (κ2) is 3.35. The Morgan fingerprint density at radius 1 is 1.78 bits per heavy atom. The van der Waals surface area contributed by atoms with Crippen LogP contribution >= 0.6 is 11.9 Å². The summed E-state index contributed by atoms with van der Waals surface area (Å²) in [6.07, 6.45) is 5.49. The fourth-order valence-corrected chi connectivity index (χ4v) is 1.06. The van der Waals surface area contributed by atoms with Gasteiger partial charge >= 0.3 is 0 Å². The fourth-order valence-electron chi connectivity index (χ4n) is 0.481. The van der Waals surface area contributed by atoms with Crippen LogP contribution in [0.5, 0.6) is 0 Å². The second-order valence-corrected chi connectivity index (χ2v) is 2.43. The van der Waals surface area contributed by atoms with Gasteiger partial charge in [0.25, 0.3) is 0 Å². The molecule has 0 saturated heterocycles. The number of allylic oxidation sites excluding steroid dienone is 1.